The van der Waals surface area contributed by atoms with Crippen molar-refractivity contribution in [2.24, 2.45) is 0 Å². The van der Waals surface area contributed by atoms with Gasteiger partial charge in [-0.15, -0.1) is 25.2 Å². The van der Waals surface area contributed by atoms with Gasteiger partial charge < -0.3 is 0 Å². The molecule has 0 N–H and O–H groups in total. The molecule has 0 heteroatoms. The van der Waals surface area contributed by atoms with Gasteiger partial charge in [0.2, 0.25) is 0 Å². The van der Waals surface area contributed by atoms with Crippen molar-refractivity contribution in [3.63, 3.8) is 0 Å². The highest BCUT2D eigenvalue weighted by Crippen LogP contribution is 2.00. The Balaban J connectivity index is -0.00000000225. The van der Waals surface area contributed by atoms with Gasteiger partial charge >= 0.3 is 0 Å². The van der Waals surface area contributed by atoms with E-state index in [0.717, 1.165) is 0 Å². The molecule has 0 aromatic carbocycles. The van der Waals surface area contributed by atoms with Gasteiger partial charge in [-0.25, -0.2) is 5.92 Å². The van der Waals surface area contributed by atoms with E-state index in [1.807, 2.05) is 0 Å². The van der Waals surface area contributed by atoms with Crippen molar-refractivity contribution in [2.75, 3.05) is 0 Å². The quantitative estimate of drug-likeness (QED) is 0.230. The lowest BCUT2D eigenvalue weighted by molar-refractivity contribution is 0.656. The van der Waals surface area contributed by atoms with Crippen molar-refractivity contribution < 1.29 is 57.1 Å². The highest BCUT2D eigenvalue weighted by Gasteiger charge is 1.80. The summed E-state index contributed by atoms with van der Waals surface area (Å²) in [5.74, 6) is 35.5. The molecule has 0 amide bonds. The number of terminal acetylenes is 3. The van der Waals surface area contributed by atoms with Crippen molar-refractivity contribution in [3.05, 3.63) is 6.92 Å². The highest BCUT2D eigenvalue weighted by molar-refractivity contribution is 5.34. The van der Waals surface area contributed by atoms with Crippen molar-refractivity contribution in [3.8, 4) is 108 Å². The van der Waals surface area contributed by atoms with Gasteiger partial charge in [0, 0.05) is 57.1 Å². The first-order valence-corrected chi connectivity index (χ1v) is 8.63. The molecule has 0 aromatic heterocycles. The van der Waals surface area contributed by atoms with Gasteiger partial charge in [-0.1, -0.05) is 57.8 Å². The molecule has 220 valence electrons. The van der Waals surface area contributed by atoms with E-state index in [1.165, 1.54) is 32.1 Å². The fourth-order valence-electron chi connectivity index (χ4n) is 1.05. The summed E-state index contributed by atoms with van der Waals surface area (Å²) in [4.78, 5) is 0. The Morgan fingerprint density at radius 2 is 0.929 bits per heavy atom. The average Bonchev–Trinajstić information content (AvgIpc) is 2.71. The minimum absolute atomic E-state index is 0. The van der Waals surface area contributed by atoms with Gasteiger partial charge in [0.25, 0.3) is 0 Å². The van der Waals surface area contributed by atoms with E-state index in [0.29, 0.717) is 0 Å². The molecular weight excluding hydrogens is 336 g/mol. The first-order valence-electron chi connectivity index (χ1n) is 8.63. The maximum Gasteiger partial charge on any atom is 0 e. The molecule has 0 saturated heterocycles. The van der Waals surface area contributed by atoms with Crippen LogP contribution in [0, 0.1) is 115 Å². The Morgan fingerprint density at radius 1 is 0.571 bits per heavy atom. The fourth-order valence-corrected chi connectivity index (χ4v) is 1.05. The minimum atomic E-state index is 0. The van der Waals surface area contributed by atoms with Crippen LogP contribution in [0.5, 0.6) is 0 Å². The summed E-state index contributed by atoms with van der Waals surface area (Å²) in [5.41, 5.74) is 0. The second-order valence-corrected chi connectivity index (χ2v) is 4.30. The lowest BCUT2D eigenvalue weighted by Crippen LogP contribution is -1.70. The van der Waals surface area contributed by atoms with Crippen LogP contribution in [0.1, 0.15) is 117 Å². The van der Waals surface area contributed by atoms with E-state index in [4.69, 9.17) is 19.3 Å². The number of hydrogen-bond donors (Lipinski definition) is 0. The molecule has 0 radical (unpaired) electrons. The van der Waals surface area contributed by atoms with Crippen molar-refractivity contribution >= 4 is 0 Å². The molecule has 0 aliphatic rings. The van der Waals surface area contributed by atoms with E-state index in [-0.39, 0.29) is 57.1 Å². The van der Waals surface area contributed by atoms with E-state index in [2.05, 4.69) is 110 Å². The van der Waals surface area contributed by atoms with Crippen LogP contribution in [0.15, 0.2) is 0 Å². The summed E-state index contributed by atoms with van der Waals surface area (Å²) < 4.78 is 0. The summed E-state index contributed by atoms with van der Waals surface area (Å²) in [6.45, 7) is 11.1. The van der Waals surface area contributed by atoms with Crippen LogP contribution >= 0.6 is 0 Å². The molecule has 0 saturated carbocycles. The van der Waals surface area contributed by atoms with E-state index in [1.54, 1.807) is 13.8 Å². The lowest BCUT2D eigenvalue weighted by Gasteiger charge is -1.90. The summed E-state index contributed by atoms with van der Waals surface area (Å²) in [5, 5.41) is 0. The summed E-state index contributed by atoms with van der Waals surface area (Å²) >= 11 is 0. The zero-order valence-corrected chi connectivity index (χ0v) is 17.5. The average molecular weight is 444 g/mol. The Kier molecular flexibility index (Phi) is 49.1. The molecule has 0 aromatic rings. The smallest absolute Gasteiger partial charge is 0 e. The monoisotopic (exact) mass is 444 g/mol. The molecule has 0 fully saturated rings. The maximum atomic E-state index is 4.78. The van der Waals surface area contributed by atoms with Crippen molar-refractivity contribution in [2.45, 2.75) is 59.8 Å². The predicted octanol–water partition coefficient (Wildman–Crippen LogP) is 14.6. The summed E-state index contributed by atoms with van der Waals surface area (Å²) in [7, 11) is 0. The molecule has 0 nitrogen and oxygen atoms in total. The van der Waals surface area contributed by atoms with Crippen molar-refractivity contribution in [1.82, 2.24) is 0 Å². The van der Waals surface area contributed by atoms with Gasteiger partial charge in [-0.05, 0) is 73.1 Å². The largest absolute Gasteiger partial charge is 0.284 e. The lowest BCUT2D eigenvalue weighted by atomic mass is 10.2. The SMILES string of the molecule is C#CC#CC#CC.C#CC#CC#CC.C#CC#CC#C[CH2-].CCCCCCC.[HH].[HH].[HH].[HH].[HH].[HH].[HH].[HH].[HH].[HH].[HH].[HH].[HH].[HH].[HH].[HH].[HH].[HH].[HH].[HH].[HH].[HH].[HH].[HH].[HH].[HH].[HH].[HH].[HH].[HH].[HH].[HH].[HH].[HH].[HH].[HH].[HH].[HH].[HH].[HH]. The summed E-state index contributed by atoms with van der Waals surface area (Å²) in [6, 6.07) is 0. The molecule has 0 spiro atoms. The topological polar surface area (TPSA) is 0 Å². The van der Waals surface area contributed by atoms with Crippen LogP contribution < -0.4 is 0 Å². The van der Waals surface area contributed by atoms with Crippen LogP contribution in [0.25, 0.3) is 0 Å². The fraction of sp³-hybridized carbons (Fsp3) is 0.321. The van der Waals surface area contributed by atoms with Gasteiger partial charge in [0.1, 0.15) is 0 Å². The number of rotatable bonds is 4. The molecule has 0 atom stereocenters. The Morgan fingerprint density at radius 3 is 1.18 bits per heavy atom. The van der Waals surface area contributed by atoms with Crippen molar-refractivity contribution in [1.29, 1.82) is 0 Å². The minimum Gasteiger partial charge on any atom is -0.284 e. The van der Waals surface area contributed by atoms with Crippen LogP contribution in [-0.4, -0.2) is 0 Å². The molecule has 28 heavy (non-hydrogen) atoms. The molecule has 0 aliphatic heterocycles. The molecule has 0 aliphatic carbocycles. The Bertz CT molecular complexity index is 799. The van der Waals surface area contributed by atoms with Gasteiger partial charge in [-0.3, -0.25) is 5.92 Å². The van der Waals surface area contributed by atoms with Gasteiger partial charge in [0.15, 0.2) is 0 Å². The second-order valence-electron chi connectivity index (χ2n) is 4.30. The van der Waals surface area contributed by atoms with Crippen LogP contribution in [0.2, 0.25) is 0 Å². The third-order valence-corrected chi connectivity index (χ3v) is 2.14. The third kappa shape index (κ3) is 67.5. The molecule has 0 bridgehead atoms. The number of hydrogen-bond acceptors (Lipinski definition) is 0. The number of unbranched alkanes of at least 4 members (excludes halogenated alkanes) is 4. The Labute approximate surface area is 234 Å². The molecule has 0 rings (SSSR count). The Hall–Kier alpha value is -4.09. The summed E-state index contributed by atoms with van der Waals surface area (Å²) in [6.07, 6.45) is 21.3. The van der Waals surface area contributed by atoms with E-state index < -0.39 is 0 Å². The first-order chi connectivity index (χ1) is 13.7. The predicted molar refractivity (Wildman–Crippen MR) is 209 cm³/mol. The zero-order valence-electron chi connectivity index (χ0n) is 17.5. The van der Waals surface area contributed by atoms with E-state index in [9.17, 15) is 0 Å². The maximum absolute atomic E-state index is 4.78. The van der Waals surface area contributed by atoms with Crippen LogP contribution in [-0.2, 0) is 0 Å². The van der Waals surface area contributed by atoms with E-state index >= 15 is 0 Å². The second kappa shape index (κ2) is 43.4. The standard InChI is InChI=1S/C7H16.2C7H4.C7H3.40H2/c4*1-3-5-7-6-4-2;;;;;;;;;;;;;;;;;;;;;;;;;;;;;;;;;;;;;;;;/h3-7H2,1-2H3;2*1H,2H3;1H,2H2;40*1H/q;;;-1;;;;;;;;;;;;;;;;;;;;;;;;;;;;;;;;;;;;;;;;. The molecule has 0 unspecified atom stereocenters. The third-order valence-electron chi connectivity index (χ3n) is 2.14. The van der Waals surface area contributed by atoms with Crippen LogP contribution in [0.3, 0.4) is 0 Å². The van der Waals surface area contributed by atoms with Crippen LogP contribution in [0.4, 0.5) is 0 Å². The van der Waals surface area contributed by atoms with Gasteiger partial charge in [0.05, 0.1) is 0 Å². The first kappa shape index (κ1) is 31.7. The van der Waals surface area contributed by atoms with Gasteiger partial charge in [-0.2, -0.15) is 6.92 Å². The normalized spacial score (nSPS) is 4.89. The molecule has 0 heterocycles. The zero-order chi connectivity index (χ0) is 22.1. The molecular formula is C28H107-. The highest BCUT2D eigenvalue weighted by atomic mass is 13.9.